The Balaban J connectivity index is 1.52. The Bertz CT molecular complexity index is 761. The van der Waals surface area contributed by atoms with E-state index < -0.39 is 0 Å². The summed E-state index contributed by atoms with van der Waals surface area (Å²) < 4.78 is 1.01. The summed E-state index contributed by atoms with van der Waals surface area (Å²) in [5.74, 6) is -0.246. The van der Waals surface area contributed by atoms with E-state index in [0.717, 1.165) is 16.5 Å². The molecule has 0 radical (unpaired) electrons. The van der Waals surface area contributed by atoms with Crippen LogP contribution < -0.4 is 5.32 Å². The summed E-state index contributed by atoms with van der Waals surface area (Å²) in [7, 11) is 0. The van der Waals surface area contributed by atoms with Crippen molar-refractivity contribution in [1.29, 1.82) is 0 Å². The Morgan fingerprint density at radius 3 is 2.58 bits per heavy atom. The molecule has 1 aliphatic heterocycles. The second-order valence-corrected chi connectivity index (χ2v) is 7.67. The minimum atomic E-state index is -0.267. The van der Waals surface area contributed by atoms with E-state index in [1.54, 1.807) is 0 Å². The summed E-state index contributed by atoms with van der Waals surface area (Å²) in [6.07, 6.45) is 1.11. The molecule has 2 atom stereocenters. The van der Waals surface area contributed by atoms with Gasteiger partial charge in [-0.2, -0.15) is 0 Å². The van der Waals surface area contributed by atoms with E-state index in [1.807, 2.05) is 54.3 Å². The van der Waals surface area contributed by atoms with Gasteiger partial charge >= 0.3 is 0 Å². The molecule has 0 aliphatic carbocycles. The summed E-state index contributed by atoms with van der Waals surface area (Å²) in [5, 5.41) is 3.04. The van der Waals surface area contributed by atoms with Crippen molar-refractivity contribution in [3.63, 3.8) is 0 Å². The number of amides is 2. The molecule has 0 saturated carbocycles. The molecule has 2 aromatic carbocycles. The molecule has 1 aliphatic rings. The van der Waals surface area contributed by atoms with E-state index in [9.17, 15) is 9.59 Å². The van der Waals surface area contributed by atoms with E-state index in [-0.39, 0.29) is 23.8 Å². The number of benzene rings is 2. The molecule has 2 unspecified atom stereocenters. The Kier molecular flexibility index (Phi) is 6.09. The van der Waals surface area contributed by atoms with E-state index in [0.29, 0.717) is 19.5 Å². The van der Waals surface area contributed by atoms with Crippen molar-refractivity contribution in [2.75, 3.05) is 13.1 Å². The number of carbonyl (C=O) groups excluding carboxylic acids is 2. The monoisotopic (exact) mass is 414 g/mol. The number of hydrogen-bond donors (Lipinski definition) is 1. The van der Waals surface area contributed by atoms with Crippen molar-refractivity contribution in [2.45, 2.75) is 25.8 Å². The van der Waals surface area contributed by atoms with Crippen LogP contribution in [-0.4, -0.2) is 29.8 Å². The molecule has 3 rings (SSSR count). The SMILES string of the molecule is CC(NC(=O)C1CC(=O)N(CCc2ccccc2)C1)c1ccc(Br)cc1. The molecule has 2 amide bonds. The van der Waals surface area contributed by atoms with Crippen molar-refractivity contribution in [1.82, 2.24) is 10.2 Å². The van der Waals surface area contributed by atoms with Crippen LogP contribution in [0.1, 0.15) is 30.5 Å². The summed E-state index contributed by atoms with van der Waals surface area (Å²) in [4.78, 5) is 26.6. The lowest BCUT2D eigenvalue weighted by Crippen LogP contribution is -2.35. The molecular weight excluding hydrogens is 392 g/mol. The Morgan fingerprint density at radius 1 is 1.19 bits per heavy atom. The van der Waals surface area contributed by atoms with Crippen molar-refractivity contribution < 1.29 is 9.59 Å². The van der Waals surface area contributed by atoms with E-state index in [1.165, 1.54) is 5.56 Å². The Hall–Kier alpha value is -2.14. The van der Waals surface area contributed by atoms with Gasteiger partial charge in [0, 0.05) is 24.0 Å². The number of likely N-dealkylation sites (tertiary alicyclic amines) is 1. The van der Waals surface area contributed by atoms with Gasteiger partial charge in [-0.05, 0) is 36.6 Å². The van der Waals surface area contributed by atoms with Crippen molar-refractivity contribution in [3.05, 3.63) is 70.2 Å². The molecule has 1 N–H and O–H groups in total. The number of nitrogens with zero attached hydrogens (tertiary/aromatic N) is 1. The van der Waals surface area contributed by atoms with Gasteiger partial charge in [0.1, 0.15) is 0 Å². The maximum atomic E-state index is 12.6. The Morgan fingerprint density at radius 2 is 1.88 bits per heavy atom. The van der Waals surface area contributed by atoms with Crippen molar-refractivity contribution in [2.24, 2.45) is 5.92 Å². The molecule has 4 nitrogen and oxygen atoms in total. The van der Waals surface area contributed by atoms with Crippen LogP contribution in [-0.2, 0) is 16.0 Å². The average molecular weight is 415 g/mol. The van der Waals surface area contributed by atoms with Crippen LogP contribution in [0.15, 0.2) is 59.1 Å². The first-order valence-electron chi connectivity index (χ1n) is 8.90. The molecular formula is C21H23BrN2O2. The first-order chi connectivity index (χ1) is 12.5. The highest BCUT2D eigenvalue weighted by atomic mass is 79.9. The van der Waals surface area contributed by atoms with Crippen molar-refractivity contribution >= 4 is 27.7 Å². The Labute approximate surface area is 162 Å². The highest BCUT2D eigenvalue weighted by Crippen LogP contribution is 2.21. The second-order valence-electron chi connectivity index (χ2n) is 6.76. The number of halogens is 1. The lowest BCUT2D eigenvalue weighted by Gasteiger charge is -2.19. The minimum absolute atomic E-state index is 0.0454. The maximum absolute atomic E-state index is 12.6. The quantitative estimate of drug-likeness (QED) is 0.782. The maximum Gasteiger partial charge on any atom is 0.225 e. The summed E-state index contributed by atoms with van der Waals surface area (Å²) in [6.45, 7) is 3.13. The lowest BCUT2D eigenvalue weighted by atomic mass is 10.1. The molecule has 1 fully saturated rings. The van der Waals surface area contributed by atoms with E-state index in [2.05, 4.69) is 33.4 Å². The highest BCUT2D eigenvalue weighted by Gasteiger charge is 2.34. The topological polar surface area (TPSA) is 49.4 Å². The molecule has 1 heterocycles. The molecule has 0 spiro atoms. The first-order valence-corrected chi connectivity index (χ1v) is 9.70. The fourth-order valence-corrected chi connectivity index (χ4v) is 3.50. The fraction of sp³-hybridized carbons (Fsp3) is 0.333. The van der Waals surface area contributed by atoms with Gasteiger partial charge < -0.3 is 10.2 Å². The van der Waals surface area contributed by atoms with E-state index >= 15 is 0 Å². The molecule has 1 saturated heterocycles. The summed E-state index contributed by atoms with van der Waals surface area (Å²) in [6, 6.07) is 17.9. The molecule has 5 heteroatoms. The molecule has 2 aromatic rings. The average Bonchev–Trinajstić information content (AvgIpc) is 3.02. The van der Waals surface area contributed by atoms with Gasteiger partial charge in [-0.25, -0.2) is 0 Å². The molecule has 136 valence electrons. The number of rotatable bonds is 6. The number of nitrogens with one attached hydrogen (secondary N) is 1. The van der Waals surface area contributed by atoms with Crippen molar-refractivity contribution in [3.8, 4) is 0 Å². The molecule has 0 aromatic heterocycles. The summed E-state index contributed by atoms with van der Waals surface area (Å²) >= 11 is 3.41. The predicted molar refractivity (Wildman–Crippen MR) is 106 cm³/mol. The van der Waals surface area contributed by atoms with Gasteiger partial charge in [-0.1, -0.05) is 58.4 Å². The third kappa shape index (κ3) is 4.73. The van der Waals surface area contributed by atoms with Crippen LogP contribution >= 0.6 is 15.9 Å². The molecule has 0 bridgehead atoms. The number of carbonyl (C=O) groups is 2. The fourth-order valence-electron chi connectivity index (χ4n) is 3.24. The van der Waals surface area contributed by atoms with Crippen LogP contribution in [0.25, 0.3) is 0 Å². The number of hydrogen-bond acceptors (Lipinski definition) is 2. The first kappa shape index (κ1) is 18.6. The summed E-state index contributed by atoms with van der Waals surface area (Å²) in [5.41, 5.74) is 2.25. The van der Waals surface area contributed by atoms with Gasteiger partial charge in [0.05, 0.1) is 12.0 Å². The third-order valence-corrected chi connectivity index (χ3v) is 5.36. The largest absolute Gasteiger partial charge is 0.349 e. The standard InChI is InChI=1S/C21H23BrN2O2/c1-15(17-7-9-19(22)10-8-17)23-21(26)18-13-20(25)24(14-18)12-11-16-5-3-2-4-6-16/h2-10,15,18H,11-14H2,1H3,(H,23,26). The normalized spacial score (nSPS) is 18.0. The van der Waals surface area contributed by atoms with Crippen LogP contribution in [0.4, 0.5) is 0 Å². The van der Waals surface area contributed by atoms with Gasteiger partial charge in [0.2, 0.25) is 11.8 Å². The van der Waals surface area contributed by atoms with E-state index in [4.69, 9.17) is 0 Å². The van der Waals surface area contributed by atoms with Crippen LogP contribution in [0.3, 0.4) is 0 Å². The zero-order valence-corrected chi connectivity index (χ0v) is 16.4. The van der Waals surface area contributed by atoms with Gasteiger partial charge in [0.15, 0.2) is 0 Å². The third-order valence-electron chi connectivity index (χ3n) is 4.83. The highest BCUT2D eigenvalue weighted by molar-refractivity contribution is 9.10. The second kappa shape index (κ2) is 8.49. The van der Waals surface area contributed by atoms with Crippen LogP contribution in [0.2, 0.25) is 0 Å². The van der Waals surface area contributed by atoms with Crippen LogP contribution in [0.5, 0.6) is 0 Å². The minimum Gasteiger partial charge on any atom is -0.349 e. The smallest absolute Gasteiger partial charge is 0.225 e. The van der Waals surface area contributed by atoms with Gasteiger partial charge in [-0.15, -0.1) is 0 Å². The predicted octanol–water partition coefficient (Wildman–Crippen LogP) is 3.72. The van der Waals surface area contributed by atoms with Gasteiger partial charge in [0.25, 0.3) is 0 Å². The lowest BCUT2D eigenvalue weighted by molar-refractivity contribution is -0.129. The zero-order valence-electron chi connectivity index (χ0n) is 14.8. The zero-order chi connectivity index (χ0) is 18.5. The molecule has 26 heavy (non-hydrogen) atoms. The van der Waals surface area contributed by atoms with Gasteiger partial charge in [-0.3, -0.25) is 9.59 Å². The van der Waals surface area contributed by atoms with Crippen LogP contribution in [0, 0.1) is 5.92 Å².